The molecular formula is C27H37NO19. The number of ether oxygens (including phenoxy) is 11. The lowest BCUT2D eigenvalue weighted by molar-refractivity contribution is -0.362. The molecule has 0 radical (unpaired) electrons. The Hall–Kier alpha value is -4.56. The summed E-state index contributed by atoms with van der Waals surface area (Å²) < 4.78 is 59.6. The minimum atomic E-state index is -1.94. The molecule has 0 bridgehead atoms. The summed E-state index contributed by atoms with van der Waals surface area (Å²) in [7, 11) is 0. The molecule has 1 amide bonds. The van der Waals surface area contributed by atoms with Crippen molar-refractivity contribution in [1.29, 1.82) is 0 Å². The lowest BCUT2D eigenvalue weighted by Gasteiger charge is -2.48. The highest BCUT2D eigenvalue weighted by Crippen LogP contribution is 2.35. The van der Waals surface area contributed by atoms with Crippen LogP contribution >= 0.6 is 0 Å². The summed E-state index contributed by atoms with van der Waals surface area (Å²) in [6.45, 7) is 5.92. The third kappa shape index (κ3) is 12.0. The molecule has 264 valence electrons. The second-order valence-corrected chi connectivity index (χ2v) is 10.1. The first-order valence-corrected chi connectivity index (χ1v) is 13.9. The molecule has 0 saturated carbocycles. The zero-order valence-electron chi connectivity index (χ0n) is 26.5. The van der Waals surface area contributed by atoms with E-state index in [4.69, 9.17) is 57.8 Å². The van der Waals surface area contributed by atoms with Crippen LogP contribution in [0.25, 0.3) is 0 Å². The summed E-state index contributed by atoms with van der Waals surface area (Å²) in [5.74, 6) is -6.23. The van der Waals surface area contributed by atoms with Crippen LogP contribution in [0, 0.1) is 0 Å². The van der Waals surface area contributed by atoms with E-state index >= 15 is 0 Å². The van der Waals surface area contributed by atoms with Gasteiger partial charge < -0.3 is 57.8 Å². The lowest BCUT2D eigenvalue weighted by Crippen LogP contribution is -2.67. The number of hydrogen-bond donors (Lipinski definition) is 1. The molecule has 47 heavy (non-hydrogen) atoms. The van der Waals surface area contributed by atoms with Crippen LogP contribution in [0.5, 0.6) is 0 Å². The van der Waals surface area contributed by atoms with Gasteiger partial charge in [-0.05, 0) is 0 Å². The van der Waals surface area contributed by atoms with Crippen molar-refractivity contribution in [2.75, 3.05) is 13.2 Å². The van der Waals surface area contributed by atoms with Gasteiger partial charge in [-0.1, -0.05) is 0 Å². The monoisotopic (exact) mass is 679 g/mol. The van der Waals surface area contributed by atoms with Crippen molar-refractivity contribution in [2.45, 2.75) is 110 Å². The third-order valence-electron chi connectivity index (χ3n) is 6.12. The zero-order valence-corrected chi connectivity index (χ0v) is 26.5. The number of carbonyl (C=O) groups excluding carboxylic acids is 8. The highest BCUT2D eigenvalue weighted by molar-refractivity contribution is 5.69. The summed E-state index contributed by atoms with van der Waals surface area (Å²) in [6.07, 6.45) is -18.4. The van der Waals surface area contributed by atoms with Crippen molar-refractivity contribution < 1.29 is 90.5 Å². The van der Waals surface area contributed by atoms with Crippen molar-refractivity contribution in [2.24, 2.45) is 5.73 Å². The standard InChI is InChI=1S/C27H37NO19/c1-10(29)37-8-17-19(39-12(3)31)21(41-14(5)33)23(25(44-17)43-16(7)35)46-26-24(47-27(28)36)22(42-15(6)34)20(40-13(4)32)18(45-26)9-38-11(2)30/h17-26H,8-9H2,1-7H3,(H2,28,36)/t17-,18-,19+,20-,21-,22+,23-,24+,25+,26+/m1/s1. The van der Waals surface area contributed by atoms with Gasteiger partial charge in [-0.15, -0.1) is 0 Å². The minimum Gasteiger partial charge on any atom is -0.463 e. The molecular weight excluding hydrogens is 642 g/mol. The van der Waals surface area contributed by atoms with Crippen LogP contribution in [-0.2, 0) is 85.7 Å². The van der Waals surface area contributed by atoms with Gasteiger partial charge in [0.25, 0.3) is 0 Å². The second kappa shape index (κ2) is 17.4. The fourth-order valence-corrected chi connectivity index (χ4v) is 4.67. The Labute approximate surface area is 267 Å². The maximum Gasteiger partial charge on any atom is 0.405 e. The SMILES string of the molecule is CC(=O)OC[C@H]1O[C@H](OC(C)=O)[C@H](O[C@@H]2O[C@H](COC(C)=O)[C@@H](OC(C)=O)[C@H](OC(C)=O)[C@@H]2OC(N)=O)[C@H](OC(C)=O)[C@H]1OC(C)=O. The molecule has 0 unspecified atom stereocenters. The average Bonchev–Trinajstić information content (AvgIpc) is 2.91. The molecule has 0 spiro atoms. The van der Waals surface area contributed by atoms with E-state index in [9.17, 15) is 38.4 Å². The summed E-state index contributed by atoms with van der Waals surface area (Å²) in [5, 5.41) is 0. The molecule has 2 fully saturated rings. The van der Waals surface area contributed by atoms with Gasteiger partial charge in [0.05, 0.1) is 0 Å². The van der Waals surface area contributed by atoms with Crippen molar-refractivity contribution in [3.63, 3.8) is 0 Å². The molecule has 0 aromatic carbocycles. The molecule has 0 aromatic rings. The fourth-order valence-electron chi connectivity index (χ4n) is 4.67. The highest BCUT2D eigenvalue weighted by atomic mass is 16.8. The number of nitrogens with two attached hydrogens (primary N) is 1. The molecule has 10 atom stereocenters. The molecule has 2 saturated heterocycles. The fraction of sp³-hybridized carbons (Fsp3) is 0.704. The van der Waals surface area contributed by atoms with Crippen LogP contribution in [-0.4, -0.2) is 123 Å². The summed E-state index contributed by atoms with van der Waals surface area (Å²) in [4.78, 5) is 96.0. The van der Waals surface area contributed by atoms with Crippen molar-refractivity contribution in [3.05, 3.63) is 0 Å². The molecule has 2 heterocycles. The first-order chi connectivity index (χ1) is 21.9. The number of carbonyl (C=O) groups is 8. The second-order valence-electron chi connectivity index (χ2n) is 10.1. The predicted octanol–water partition coefficient (Wildman–Crippen LogP) is -1.30. The Morgan fingerprint density at radius 2 is 0.809 bits per heavy atom. The number of amides is 1. The Morgan fingerprint density at radius 1 is 0.447 bits per heavy atom. The van der Waals surface area contributed by atoms with E-state index in [0.29, 0.717) is 0 Å². The molecule has 20 heteroatoms. The Morgan fingerprint density at radius 3 is 1.17 bits per heavy atom. The normalized spacial score (nSPS) is 30.0. The van der Waals surface area contributed by atoms with Crippen LogP contribution in [0.1, 0.15) is 48.5 Å². The van der Waals surface area contributed by atoms with Gasteiger partial charge in [0, 0.05) is 48.5 Å². The maximum absolute atomic E-state index is 12.3. The maximum atomic E-state index is 12.3. The molecule has 20 nitrogen and oxygen atoms in total. The topological polar surface area (TPSA) is 264 Å². The van der Waals surface area contributed by atoms with E-state index in [2.05, 4.69) is 0 Å². The van der Waals surface area contributed by atoms with Gasteiger partial charge in [0.15, 0.2) is 42.9 Å². The minimum absolute atomic E-state index is 0.577. The number of hydrogen-bond acceptors (Lipinski definition) is 19. The Bertz CT molecular complexity index is 1200. The molecule has 0 aliphatic carbocycles. The Kier molecular flexibility index (Phi) is 14.3. The summed E-state index contributed by atoms with van der Waals surface area (Å²) in [6, 6.07) is 0. The number of rotatable bonds is 12. The quantitative estimate of drug-likeness (QED) is 0.185. The van der Waals surface area contributed by atoms with Crippen molar-refractivity contribution >= 4 is 47.9 Å². The smallest absolute Gasteiger partial charge is 0.405 e. The third-order valence-corrected chi connectivity index (χ3v) is 6.12. The molecule has 2 rings (SSSR count). The van der Waals surface area contributed by atoms with Gasteiger partial charge in [-0.3, -0.25) is 33.6 Å². The van der Waals surface area contributed by atoms with Crippen LogP contribution in [0.15, 0.2) is 0 Å². The average molecular weight is 680 g/mol. The zero-order chi connectivity index (χ0) is 35.6. The Balaban J connectivity index is 2.72. The molecule has 2 N–H and O–H groups in total. The number of primary amides is 1. The summed E-state index contributed by atoms with van der Waals surface area (Å²) in [5.41, 5.74) is 5.28. The van der Waals surface area contributed by atoms with Crippen LogP contribution in [0.2, 0.25) is 0 Å². The van der Waals surface area contributed by atoms with Gasteiger partial charge in [0.1, 0.15) is 25.4 Å². The lowest BCUT2D eigenvalue weighted by atomic mass is 9.96. The van der Waals surface area contributed by atoms with E-state index in [-0.39, 0.29) is 0 Å². The summed E-state index contributed by atoms with van der Waals surface area (Å²) >= 11 is 0. The van der Waals surface area contributed by atoms with E-state index in [1.807, 2.05) is 0 Å². The predicted molar refractivity (Wildman–Crippen MR) is 144 cm³/mol. The van der Waals surface area contributed by atoms with Crippen molar-refractivity contribution in [1.82, 2.24) is 0 Å². The van der Waals surface area contributed by atoms with E-state index < -0.39 is 123 Å². The van der Waals surface area contributed by atoms with Gasteiger partial charge in [-0.25, -0.2) is 4.79 Å². The number of esters is 7. The largest absolute Gasteiger partial charge is 0.463 e. The molecule has 2 aliphatic heterocycles. The first kappa shape index (κ1) is 38.6. The highest BCUT2D eigenvalue weighted by Gasteiger charge is 2.58. The van der Waals surface area contributed by atoms with Crippen LogP contribution in [0.4, 0.5) is 4.79 Å². The van der Waals surface area contributed by atoms with Gasteiger partial charge in [0.2, 0.25) is 6.29 Å². The van der Waals surface area contributed by atoms with Crippen LogP contribution in [0.3, 0.4) is 0 Å². The van der Waals surface area contributed by atoms with Gasteiger partial charge >= 0.3 is 47.9 Å². The van der Waals surface area contributed by atoms with E-state index in [1.165, 1.54) is 0 Å². The molecule has 0 aromatic heterocycles. The van der Waals surface area contributed by atoms with Gasteiger partial charge in [-0.2, -0.15) is 0 Å². The van der Waals surface area contributed by atoms with E-state index in [1.54, 1.807) is 0 Å². The van der Waals surface area contributed by atoms with Crippen LogP contribution < -0.4 is 5.73 Å². The van der Waals surface area contributed by atoms with Crippen molar-refractivity contribution in [3.8, 4) is 0 Å². The van der Waals surface area contributed by atoms with E-state index in [0.717, 1.165) is 48.5 Å². The first-order valence-electron chi connectivity index (χ1n) is 13.9. The molecule has 2 aliphatic rings.